The molecule has 0 saturated heterocycles. The van der Waals surface area contributed by atoms with Crippen molar-refractivity contribution in [2.24, 2.45) is 5.92 Å². The maximum Gasteiger partial charge on any atom is 0.0935 e. The van der Waals surface area contributed by atoms with Gasteiger partial charge in [0.15, 0.2) is 0 Å². The molecule has 2 rings (SSSR count). The predicted octanol–water partition coefficient (Wildman–Crippen LogP) is 4.72. The van der Waals surface area contributed by atoms with Crippen LogP contribution in [0.4, 0.5) is 0 Å². The molecule has 4 heteroatoms. The first-order chi connectivity index (χ1) is 7.15. The fourth-order valence-electron chi connectivity index (χ4n) is 1.32. The summed E-state index contributed by atoms with van der Waals surface area (Å²) in [5.41, 5.74) is 1.06. The van der Waals surface area contributed by atoms with Crippen molar-refractivity contribution in [3.8, 4) is 10.6 Å². The zero-order valence-corrected chi connectivity index (χ0v) is 11.0. The Morgan fingerprint density at radius 1 is 1.40 bits per heavy atom. The molecule has 1 nitrogen and oxygen atoms in total. The molecule has 0 amide bonds. The second-order valence-corrected chi connectivity index (χ2v) is 6.49. The van der Waals surface area contributed by atoms with Crippen molar-refractivity contribution in [1.29, 1.82) is 0 Å². The van der Waals surface area contributed by atoms with Crippen LogP contribution in [0.3, 0.4) is 0 Å². The minimum Gasteiger partial charge on any atom is -0.240 e. The Hall–Kier alpha value is -0.380. The number of halogens is 1. The van der Waals surface area contributed by atoms with E-state index in [2.05, 4.69) is 24.2 Å². The Kier molecular flexibility index (Phi) is 3.44. The van der Waals surface area contributed by atoms with Crippen LogP contribution in [-0.2, 0) is 6.42 Å². The average molecular weight is 258 g/mol. The van der Waals surface area contributed by atoms with Gasteiger partial charge in [-0.1, -0.05) is 25.4 Å². The van der Waals surface area contributed by atoms with Crippen molar-refractivity contribution < 1.29 is 0 Å². The summed E-state index contributed by atoms with van der Waals surface area (Å²) < 4.78 is 0.823. The molecule has 0 saturated carbocycles. The lowest BCUT2D eigenvalue weighted by atomic mass is 10.1. The number of aromatic nitrogens is 1. The minimum absolute atomic E-state index is 0.663. The summed E-state index contributed by atoms with van der Waals surface area (Å²) in [6.45, 7) is 4.42. The molecule has 0 aliphatic rings. The van der Waals surface area contributed by atoms with E-state index in [-0.39, 0.29) is 0 Å². The molecule has 0 spiro atoms. The van der Waals surface area contributed by atoms with E-state index in [0.29, 0.717) is 5.92 Å². The first-order valence-corrected chi connectivity index (χ1v) is 6.92. The maximum absolute atomic E-state index is 5.90. The molecular formula is C11H12ClNS2. The Morgan fingerprint density at radius 2 is 2.20 bits per heavy atom. The molecule has 0 aliphatic carbocycles. The smallest absolute Gasteiger partial charge is 0.0935 e. The standard InChI is InChI=1S/C11H12ClNS2/c1-7(2)5-11-13-8(6-14-11)9-3-4-10(12)15-9/h3-4,6-7H,5H2,1-2H3. The summed E-state index contributed by atoms with van der Waals surface area (Å²) in [6.07, 6.45) is 1.06. The molecule has 80 valence electrons. The molecule has 0 aromatic carbocycles. The zero-order valence-electron chi connectivity index (χ0n) is 8.66. The normalized spacial score (nSPS) is 11.2. The van der Waals surface area contributed by atoms with Gasteiger partial charge in [-0.15, -0.1) is 22.7 Å². The van der Waals surface area contributed by atoms with E-state index in [4.69, 9.17) is 11.6 Å². The highest BCUT2D eigenvalue weighted by Gasteiger charge is 2.07. The molecule has 0 fully saturated rings. The van der Waals surface area contributed by atoms with E-state index in [9.17, 15) is 0 Å². The largest absolute Gasteiger partial charge is 0.240 e. The summed E-state index contributed by atoms with van der Waals surface area (Å²) >= 11 is 9.21. The van der Waals surface area contributed by atoms with Gasteiger partial charge in [-0.05, 0) is 18.1 Å². The van der Waals surface area contributed by atoms with E-state index < -0.39 is 0 Å². The van der Waals surface area contributed by atoms with E-state index >= 15 is 0 Å². The Bertz CT molecular complexity index is 445. The average Bonchev–Trinajstić information content (AvgIpc) is 2.72. The van der Waals surface area contributed by atoms with Gasteiger partial charge in [0, 0.05) is 11.8 Å². The number of hydrogen-bond donors (Lipinski definition) is 0. The van der Waals surface area contributed by atoms with Crippen molar-refractivity contribution >= 4 is 34.3 Å². The highest BCUT2D eigenvalue weighted by Crippen LogP contribution is 2.31. The number of thiazole rings is 1. The summed E-state index contributed by atoms with van der Waals surface area (Å²) in [7, 11) is 0. The van der Waals surface area contributed by atoms with Crippen LogP contribution in [0.5, 0.6) is 0 Å². The first kappa shape index (κ1) is 11.1. The Labute approximate surface area is 103 Å². The number of nitrogens with zero attached hydrogens (tertiary/aromatic N) is 1. The molecule has 0 aliphatic heterocycles. The van der Waals surface area contributed by atoms with Crippen molar-refractivity contribution in [2.75, 3.05) is 0 Å². The second-order valence-electron chi connectivity index (χ2n) is 3.83. The molecular weight excluding hydrogens is 246 g/mol. The number of hydrogen-bond acceptors (Lipinski definition) is 3. The molecule has 2 aromatic heterocycles. The lowest BCUT2D eigenvalue weighted by Gasteiger charge is -1.98. The van der Waals surface area contributed by atoms with Crippen LogP contribution in [0.15, 0.2) is 17.5 Å². The van der Waals surface area contributed by atoms with Crippen molar-refractivity contribution in [3.63, 3.8) is 0 Å². The van der Waals surface area contributed by atoms with E-state index in [1.54, 1.807) is 22.7 Å². The van der Waals surface area contributed by atoms with Crippen LogP contribution in [-0.4, -0.2) is 4.98 Å². The zero-order chi connectivity index (χ0) is 10.8. The van der Waals surface area contributed by atoms with E-state index in [0.717, 1.165) is 21.3 Å². The van der Waals surface area contributed by atoms with Gasteiger partial charge in [0.25, 0.3) is 0 Å². The van der Waals surface area contributed by atoms with Gasteiger partial charge in [-0.2, -0.15) is 0 Å². The van der Waals surface area contributed by atoms with Gasteiger partial charge in [-0.3, -0.25) is 0 Å². The Balaban J connectivity index is 2.20. The van der Waals surface area contributed by atoms with Crippen LogP contribution < -0.4 is 0 Å². The van der Waals surface area contributed by atoms with E-state index in [1.165, 1.54) is 5.01 Å². The van der Waals surface area contributed by atoms with Crippen LogP contribution in [0.25, 0.3) is 10.6 Å². The topological polar surface area (TPSA) is 12.9 Å². The third kappa shape index (κ3) is 2.80. The van der Waals surface area contributed by atoms with E-state index in [1.807, 2.05) is 12.1 Å². The first-order valence-electron chi connectivity index (χ1n) is 4.85. The third-order valence-electron chi connectivity index (χ3n) is 1.96. The Morgan fingerprint density at radius 3 is 2.80 bits per heavy atom. The van der Waals surface area contributed by atoms with Gasteiger partial charge in [-0.25, -0.2) is 4.98 Å². The molecule has 15 heavy (non-hydrogen) atoms. The fraction of sp³-hybridized carbons (Fsp3) is 0.364. The van der Waals surface area contributed by atoms with Gasteiger partial charge in [0.05, 0.1) is 19.9 Å². The monoisotopic (exact) mass is 257 g/mol. The lowest BCUT2D eigenvalue weighted by Crippen LogP contribution is -1.92. The van der Waals surface area contributed by atoms with Crippen LogP contribution in [0, 0.1) is 5.92 Å². The molecule has 2 heterocycles. The molecule has 0 atom stereocenters. The molecule has 2 aromatic rings. The third-order valence-corrected chi connectivity index (χ3v) is 4.09. The summed E-state index contributed by atoms with van der Waals surface area (Å²) in [5, 5.41) is 3.32. The van der Waals surface area contributed by atoms with Gasteiger partial charge in [0.1, 0.15) is 0 Å². The number of rotatable bonds is 3. The highest BCUT2D eigenvalue weighted by molar-refractivity contribution is 7.19. The SMILES string of the molecule is CC(C)Cc1nc(-c2ccc(Cl)s2)cs1. The molecule has 0 radical (unpaired) electrons. The van der Waals surface area contributed by atoms with Crippen LogP contribution in [0.1, 0.15) is 18.9 Å². The molecule has 0 unspecified atom stereocenters. The number of thiophene rings is 1. The van der Waals surface area contributed by atoms with Gasteiger partial charge < -0.3 is 0 Å². The van der Waals surface area contributed by atoms with Crippen LogP contribution in [0.2, 0.25) is 4.34 Å². The van der Waals surface area contributed by atoms with Crippen molar-refractivity contribution in [3.05, 3.63) is 26.9 Å². The summed E-state index contributed by atoms with van der Waals surface area (Å²) in [4.78, 5) is 5.76. The summed E-state index contributed by atoms with van der Waals surface area (Å²) in [6, 6.07) is 3.95. The van der Waals surface area contributed by atoms with Gasteiger partial charge in [0.2, 0.25) is 0 Å². The van der Waals surface area contributed by atoms with Crippen molar-refractivity contribution in [2.45, 2.75) is 20.3 Å². The molecule has 0 N–H and O–H groups in total. The fourth-order valence-corrected chi connectivity index (χ4v) is 3.41. The quantitative estimate of drug-likeness (QED) is 0.775. The van der Waals surface area contributed by atoms with Crippen LogP contribution >= 0.6 is 34.3 Å². The highest BCUT2D eigenvalue weighted by atomic mass is 35.5. The minimum atomic E-state index is 0.663. The maximum atomic E-state index is 5.90. The molecule has 0 bridgehead atoms. The van der Waals surface area contributed by atoms with Gasteiger partial charge >= 0.3 is 0 Å². The second kappa shape index (κ2) is 4.64. The lowest BCUT2D eigenvalue weighted by molar-refractivity contribution is 0.645. The summed E-state index contributed by atoms with van der Waals surface area (Å²) in [5.74, 6) is 0.663. The predicted molar refractivity (Wildman–Crippen MR) is 69.0 cm³/mol. The van der Waals surface area contributed by atoms with Crippen molar-refractivity contribution in [1.82, 2.24) is 4.98 Å².